The number of likely N-dealkylation sites (N-methyl/N-ethyl adjacent to an activating group) is 1. The molecule has 0 radical (unpaired) electrons. The average molecular weight is 304 g/mol. The van der Waals surface area contributed by atoms with Crippen molar-refractivity contribution in [3.63, 3.8) is 0 Å². The molecule has 0 aromatic carbocycles. The van der Waals surface area contributed by atoms with Crippen LogP contribution in [0.1, 0.15) is 32.6 Å². The van der Waals surface area contributed by atoms with E-state index in [9.17, 15) is 9.59 Å². The lowest BCUT2D eigenvalue weighted by molar-refractivity contribution is -0.132. The molecule has 2 aliphatic rings. The number of likely N-dealkylation sites (tertiary alicyclic amines) is 1. The minimum atomic E-state index is -0.294. The smallest absolute Gasteiger partial charge is 0.244 e. The molecule has 0 saturated carbocycles. The van der Waals surface area contributed by atoms with Gasteiger partial charge in [-0.15, -0.1) is 12.4 Å². The molecule has 0 aromatic heterocycles. The van der Waals surface area contributed by atoms with Crippen molar-refractivity contribution in [3.05, 3.63) is 0 Å². The van der Waals surface area contributed by atoms with Gasteiger partial charge in [-0.05, 0) is 44.2 Å². The molecule has 0 spiro atoms. The number of carbonyl (C=O) groups is 2. The van der Waals surface area contributed by atoms with Crippen LogP contribution in [0.3, 0.4) is 0 Å². The summed E-state index contributed by atoms with van der Waals surface area (Å²) in [5.41, 5.74) is 0. The highest BCUT2D eigenvalue weighted by Crippen LogP contribution is 2.24. The van der Waals surface area contributed by atoms with E-state index in [0.29, 0.717) is 18.3 Å². The number of halogens is 1. The molecule has 2 atom stereocenters. The fraction of sp³-hybridized carbons (Fsp3) is 0.857. The number of nitrogens with one attached hydrogen (secondary N) is 2. The largest absolute Gasteiger partial charge is 0.344 e. The first-order chi connectivity index (χ1) is 9.08. The maximum absolute atomic E-state index is 12.0. The third-order valence-corrected chi connectivity index (χ3v) is 4.46. The van der Waals surface area contributed by atoms with Gasteiger partial charge in [0.05, 0.1) is 0 Å². The van der Waals surface area contributed by atoms with Crippen molar-refractivity contribution in [3.8, 4) is 0 Å². The highest BCUT2D eigenvalue weighted by Gasteiger charge is 2.31. The summed E-state index contributed by atoms with van der Waals surface area (Å²) < 4.78 is 0. The first-order valence-corrected chi connectivity index (χ1v) is 7.33. The molecule has 0 bridgehead atoms. The Labute approximate surface area is 127 Å². The molecule has 2 heterocycles. The molecule has 0 aromatic rings. The highest BCUT2D eigenvalue weighted by atomic mass is 35.5. The summed E-state index contributed by atoms with van der Waals surface area (Å²) >= 11 is 0. The van der Waals surface area contributed by atoms with Gasteiger partial charge in [-0.3, -0.25) is 9.59 Å². The van der Waals surface area contributed by atoms with E-state index in [4.69, 9.17) is 0 Å². The van der Waals surface area contributed by atoms with Gasteiger partial charge in [0.2, 0.25) is 11.8 Å². The van der Waals surface area contributed by atoms with E-state index in [1.165, 1.54) is 0 Å². The molecule has 2 rings (SSSR count). The van der Waals surface area contributed by atoms with Crippen LogP contribution >= 0.6 is 12.4 Å². The molecular weight excluding hydrogens is 278 g/mol. The minimum Gasteiger partial charge on any atom is -0.344 e. The zero-order valence-electron chi connectivity index (χ0n) is 12.4. The van der Waals surface area contributed by atoms with Crippen molar-refractivity contribution in [2.45, 2.75) is 38.6 Å². The second kappa shape index (κ2) is 7.84. The van der Waals surface area contributed by atoms with Gasteiger partial charge < -0.3 is 15.5 Å². The van der Waals surface area contributed by atoms with Crippen molar-refractivity contribution in [1.29, 1.82) is 0 Å². The number of hydrogen-bond acceptors (Lipinski definition) is 3. The van der Waals surface area contributed by atoms with Gasteiger partial charge in [0.15, 0.2) is 0 Å². The number of rotatable bonds is 4. The normalized spacial score (nSPS) is 25.2. The summed E-state index contributed by atoms with van der Waals surface area (Å²) in [4.78, 5) is 25.4. The third-order valence-electron chi connectivity index (χ3n) is 4.46. The summed E-state index contributed by atoms with van der Waals surface area (Å²) in [6, 6.07) is -0.294. The lowest BCUT2D eigenvalue weighted by Gasteiger charge is -2.28. The Hall–Kier alpha value is -0.810. The van der Waals surface area contributed by atoms with E-state index in [2.05, 4.69) is 17.6 Å². The van der Waals surface area contributed by atoms with Crippen LogP contribution in [-0.4, -0.2) is 49.4 Å². The number of amides is 2. The number of carbonyl (C=O) groups excluding carboxylic acids is 2. The second-order valence-corrected chi connectivity index (χ2v) is 5.94. The quantitative estimate of drug-likeness (QED) is 0.807. The topological polar surface area (TPSA) is 61.4 Å². The Bertz CT molecular complexity index is 345. The molecule has 6 heteroatoms. The van der Waals surface area contributed by atoms with E-state index >= 15 is 0 Å². The van der Waals surface area contributed by atoms with Crippen LogP contribution in [0.4, 0.5) is 0 Å². The Morgan fingerprint density at radius 3 is 2.60 bits per heavy atom. The molecular formula is C14H26ClN3O2. The van der Waals surface area contributed by atoms with Crippen LogP contribution < -0.4 is 10.6 Å². The molecule has 2 aliphatic heterocycles. The summed E-state index contributed by atoms with van der Waals surface area (Å²) in [7, 11) is 1.78. The van der Waals surface area contributed by atoms with Crippen LogP contribution in [0, 0.1) is 11.8 Å². The zero-order chi connectivity index (χ0) is 13.8. The predicted molar refractivity (Wildman–Crippen MR) is 80.8 cm³/mol. The monoisotopic (exact) mass is 303 g/mol. The van der Waals surface area contributed by atoms with E-state index in [1.807, 2.05) is 0 Å². The summed E-state index contributed by atoms with van der Waals surface area (Å²) in [6.45, 7) is 5.01. The van der Waals surface area contributed by atoms with Crippen molar-refractivity contribution in [2.24, 2.45) is 11.8 Å². The predicted octanol–water partition coefficient (Wildman–Crippen LogP) is 0.781. The van der Waals surface area contributed by atoms with Crippen molar-refractivity contribution >= 4 is 24.2 Å². The van der Waals surface area contributed by atoms with Crippen molar-refractivity contribution in [2.75, 3.05) is 26.7 Å². The van der Waals surface area contributed by atoms with Gasteiger partial charge in [-0.2, -0.15) is 0 Å². The fourth-order valence-electron chi connectivity index (χ4n) is 3.08. The summed E-state index contributed by atoms with van der Waals surface area (Å²) in [5, 5.41) is 6.22. The third kappa shape index (κ3) is 4.35. The van der Waals surface area contributed by atoms with E-state index in [-0.39, 0.29) is 30.3 Å². The first-order valence-electron chi connectivity index (χ1n) is 7.33. The Balaban J connectivity index is 0.00000200. The molecule has 2 N–H and O–H groups in total. The van der Waals surface area contributed by atoms with Crippen LogP contribution in [0.25, 0.3) is 0 Å². The summed E-state index contributed by atoms with van der Waals surface area (Å²) in [5.74, 6) is 1.10. The second-order valence-electron chi connectivity index (χ2n) is 5.94. The maximum Gasteiger partial charge on any atom is 0.244 e. The SMILES string of the molecule is CC(CC(=O)NC1CCN(C)C1=O)C1CCNCC1.Cl. The molecule has 2 amide bonds. The maximum atomic E-state index is 12.0. The van der Waals surface area contributed by atoms with Gasteiger partial charge in [0.25, 0.3) is 0 Å². The van der Waals surface area contributed by atoms with Gasteiger partial charge >= 0.3 is 0 Å². The Kier molecular flexibility index (Phi) is 6.76. The fourth-order valence-corrected chi connectivity index (χ4v) is 3.08. The molecule has 116 valence electrons. The molecule has 2 saturated heterocycles. The number of piperidine rings is 1. The van der Waals surface area contributed by atoms with Gasteiger partial charge in [-0.1, -0.05) is 6.92 Å². The molecule has 2 unspecified atom stereocenters. The first kappa shape index (κ1) is 17.2. The van der Waals surface area contributed by atoms with Crippen molar-refractivity contribution in [1.82, 2.24) is 15.5 Å². The lowest BCUT2D eigenvalue weighted by atomic mass is 9.84. The van der Waals surface area contributed by atoms with Crippen molar-refractivity contribution < 1.29 is 9.59 Å². The average Bonchev–Trinajstić information content (AvgIpc) is 2.71. The highest BCUT2D eigenvalue weighted by molar-refractivity contribution is 5.89. The number of nitrogens with zero attached hydrogens (tertiary/aromatic N) is 1. The standard InChI is InChI=1S/C14H25N3O2.ClH/c1-10(11-3-6-15-7-4-11)9-13(18)16-12-5-8-17(2)14(12)19;/h10-12,15H,3-9H2,1-2H3,(H,16,18);1H. The van der Waals surface area contributed by atoms with Crippen LogP contribution in [0.15, 0.2) is 0 Å². The van der Waals surface area contributed by atoms with E-state index in [1.54, 1.807) is 11.9 Å². The molecule has 2 fully saturated rings. The Morgan fingerprint density at radius 1 is 1.40 bits per heavy atom. The van der Waals surface area contributed by atoms with E-state index < -0.39 is 0 Å². The molecule has 0 aliphatic carbocycles. The molecule has 5 nitrogen and oxygen atoms in total. The Morgan fingerprint density at radius 2 is 2.05 bits per heavy atom. The lowest BCUT2D eigenvalue weighted by Crippen LogP contribution is -2.41. The van der Waals surface area contributed by atoms with Crippen LogP contribution in [0.5, 0.6) is 0 Å². The van der Waals surface area contributed by atoms with E-state index in [0.717, 1.165) is 38.9 Å². The van der Waals surface area contributed by atoms with Crippen LogP contribution in [-0.2, 0) is 9.59 Å². The summed E-state index contributed by atoms with van der Waals surface area (Å²) in [6.07, 6.45) is 3.58. The number of hydrogen-bond donors (Lipinski definition) is 2. The van der Waals surface area contributed by atoms with Gasteiger partial charge in [0.1, 0.15) is 6.04 Å². The van der Waals surface area contributed by atoms with Gasteiger partial charge in [0, 0.05) is 20.0 Å². The zero-order valence-corrected chi connectivity index (χ0v) is 13.2. The molecule has 20 heavy (non-hydrogen) atoms. The van der Waals surface area contributed by atoms with Crippen LogP contribution in [0.2, 0.25) is 0 Å². The van der Waals surface area contributed by atoms with Gasteiger partial charge in [-0.25, -0.2) is 0 Å². The minimum absolute atomic E-state index is 0.